The molecule has 9 heteroatoms. The van der Waals surface area contributed by atoms with Gasteiger partial charge in [0.15, 0.2) is 6.10 Å². The van der Waals surface area contributed by atoms with E-state index in [4.69, 9.17) is 14.2 Å². The van der Waals surface area contributed by atoms with Gasteiger partial charge in [0.25, 0.3) is 5.56 Å². The number of carbonyl (C=O) groups is 2. The quantitative estimate of drug-likeness (QED) is 0.754. The summed E-state index contributed by atoms with van der Waals surface area (Å²) in [5.41, 5.74) is -2.30. The van der Waals surface area contributed by atoms with Gasteiger partial charge in [0.1, 0.15) is 11.6 Å². The molecule has 1 fully saturated rings. The Bertz CT molecular complexity index is 781. The second-order valence-corrected chi connectivity index (χ2v) is 6.02. The van der Waals surface area contributed by atoms with E-state index >= 15 is 0 Å². The lowest BCUT2D eigenvalue weighted by molar-refractivity contribution is -0.172. The third-order valence-corrected chi connectivity index (χ3v) is 4.19. The molecule has 0 radical (unpaired) electrons. The highest BCUT2D eigenvalue weighted by Gasteiger charge is 2.56. The average Bonchev–Trinajstić information content (AvgIpc) is 2.91. The minimum atomic E-state index is -1.37. The molecule has 1 aromatic heterocycles. The molecule has 0 amide bonds. The molecule has 1 unspecified atom stereocenters. The molecule has 1 aromatic rings. The molecule has 9 nitrogen and oxygen atoms in total. The van der Waals surface area contributed by atoms with Crippen LogP contribution >= 0.6 is 0 Å². The van der Waals surface area contributed by atoms with Crippen molar-refractivity contribution in [3.8, 4) is 0 Å². The number of hydrogen-bond acceptors (Lipinski definition) is 7. The van der Waals surface area contributed by atoms with Gasteiger partial charge in [-0.15, -0.1) is 0 Å². The molecule has 138 valence electrons. The number of H-pyrrole nitrogens is 1. The van der Waals surface area contributed by atoms with Crippen LogP contribution in [0.5, 0.6) is 0 Å². The van der Waals surface area contributed by atoms with E-state index in [1.807, 2.05) is 0 Å². The van der Waals surface area contributed by atoms with E-state index in [1.165, 1.54) is 20.0 Å². The Labute approximate surface area is 143 Å². The Morgan fingerprint density at radius 3 is 2.56 bits per heavy atom. The third kappa shape index (κ3) is 3.37. The van der Waals surface area contributed by atoms with E-state index in [0.717, 1.165) is 4.57 Å². The van der Waals surface area contributed by atoms with Crippen LogP contribution in [0.1, 0.15) is 39.0 Å². The van der Waals surface area contributed by atoms with Crippen LogP contribution in [0.15, 0.2) is 15.8 Å². The van der Waals surface area contributed by atoms with Gasteiger partial charge in [-0.3, -0.25) is 9.59 Å². The first-order chi connectivity index (χ1) is 11.8. The number of aromatic nitrogens is 2. The molecule has 1 saturated heterocycles. The van der Waals surface area contributed by atoms with Crippen molar-refractivity contribution in [1.29, 1.82) is 0 Å². The summed E-state index contributed by atoms with van der Waals surface area (Å²) in [6.45, 7) is 6.54. The number of nitrogens with one attached hydrogen (secondary N) is 1. The number of hydrogen-bond donors (Lipinski definition) is 1. The van der Waals surface area contributed by atoms with Crippen LogP contribution in [0.4, 0.5) is 0 Å². The van der Waals surface area contributed by atoms with E-state index in [1.54, 1.807) is 13.8 Å². The zero-order chi connectivity index (χ0) is 18.8. The largest absolute Gasteiger partial charge is 0.465 e. The number of esters is 2. The van der Waals surface area contributed by atoms with Crippen molar-refractivity contribution >= 4 is 11.9 Å². The zero-order valence-corrected chi connectivity index (χ0v) is 14.7. The maximum absolute atomic E-state index is 12.4. The molecule has 0 saturated carbocycles. The molecule has 2 rings (SSSR count). The van der Waals surface area contributed by atoms with Crippen LogP contribution in [-0.2, 0) is 23.8 Å². The van der Waals surface area contributed by atoms with Crippen molar-refractivity contribution in [2.45, 2.75) is 46.4 Å². The van der Waals surface area contributed by atoms with Gasteiger partial charge >= 0.3 is 17.6 Å². The number of carbonyl (C=O) groups excluding carboxylic acids is 2. The lowest BCUT2D eigenvalue weighted by Gasteiger charge is -2.25. The number of aryl methyl sites for hydroxylation is 1. The first kappa shape index (κ1) is 18.9. The summed E-state index contributed by atoms with van der Waals surface area (Å²) in [6, 6.07) is 0. The van der Waals surface area contributed by atoms with E-state index in [2.05, 4.69) is 4.98 Å². The van der Waals surface area contributed by atoms with Gasteiger partial charge in [-0.1, -0.05) is 0 Å². The third-order valence-electron chi connectivity index (χ3n) is 4.19. The molecule has 0 spiro atoms. The SMILES string of the molecule is CCOC(=O)[C@@H]1O[C@H](n2c(=O)[nH]cc(C)c2=O)CC1(C)C(=O)OCC. The van der Waals surface area contributed by atoms with Crippen LogP contribution < -0.4 is 11.2 Å². The summed E-state index contributed by atoms with van der Waals surface area (Å²) in [7, 11) is 0. The minimum absolute atomic E-state index is 0.0677. The topological polar surface area (TPSA) is 117 Å². The maximum Gasteiger partial charge on any atom is 0.336 e. The summed E-state index contributed by atoms with van der Waals surface area (Å²) < 4.78 is 16.5. The second-order valence-electron chi connectivity index (χ2n) is 6.02. The smallest absolute Gasteiger partial charge is 0.336 e. The molecule has 0 bridgehead atoms. The Morgan fingerprint density at radius 2 is 1.96 bits per heavy atom. The fourth-order valence-electron chi connectivity index (χ4n) is 2.84. The normalized spacial score (nSPS) is 25.6. The Hall–Kier alpha value is -2.42. The fraction of sp³-hybridized carbons (Fsp3) is 0.625. The predicted octanol–water partition coefficient (Wildman–Crippen LogP) is 0.265. The fourth-order valence-corrected chi connectivity index (χ4v) is 2.84. The molecular formula is C16H22N2O7. The van der Waals surface area contributed by atoms with E-state index in [0.29, 0.717) is 5.56 Å². The highest BCUT2D eigenvalue weighted by atomic mass is 16.6. The van der Waals surface area contributed by atoms with E-state index in [9.17, 15) is 19.2 Å². The highest BCUT2D eigenvalue weighted by Crippen LogP contribution is 2.44. The van der Waals surface area contributed by atoms with Crippen LogP contribution in [0.25, 0.3) is 0 Å². The number of nitrogens with zero attached hydrogens (tertiary/aromatic N) is 1. The van der Waals surface area contributed by atoms with Crippen molar-refractivity contribution in [2.75, 3.05) is 13.2 Å². The molecule has 25 heavy (non-hydrogen) atoms. The monoisotopic (exact) mass is 354 g/mol. The summed E-state index contributed by atoms with van der Waals surface area (Å²) in [4.78, 5) is 51.5. The maximum atomic E-state index is 12.4. The first-order valence-electron chi connectivity index (χ1n) is 8.06. The summed E-state index contributed by atoms with van der Waals surface area (Å²) in [5, 5.41) is 0. The van der Waals surface area contributed by atoms with Crippen LogP contribution in [0.3, 0.4) is 0 Å². The van der Waals surface area contributed by atoms with Crippen LogP contribution in [0, 0.1) is 12.3 Å². The standard InChI is InChI=1S/C16H22N2O7/c1-5-23-13(20)11-16(4,14(21)24-6-2)7-10(25-11)18-12(19)9(3)8-17-15(18)22/h8,10-11H,5-7H2,1-4H3,(H,17,22)/t10-,11-,16?/m0/s1. The van der Waals surface area contributed by atoms with Crippen molar-refractivity contribution in [3.63, 3.8) is 0 Å². The van der Waals surface area contributed by atoms with Crippen LogP contribution in [-0.4, -0.2) is 40.8 Å². The van der Waals surface area contributed by atoms with Crippen molar-refractivity contribution in [3.05, 3.63) is 32.6 Å². The molecular weight excluding hydrogens is 332 g/mol. The van der Waals surface area contributed by atoms with E-state index in [-0.39, 0.29) is 19.6 Å². The molecule has 0 aliphatic carbocycles. The molecule has 0 aromatic carbocycles. The van der Waals surface area contributed by atoms with Gasteiger partial charge in [0.05, 0.1) is 13.2 Å². The number of aromatic amines is 1. The van der Waals surface area contributed by atoms with Gasteiger partial charge in [-0.05, 0) is 27.7 Å². The van der Waals surface area contributed by atoms with Gasteiger partial charge in [-0.25, -0.2) is 14.2 Å². The Morgan fingerprint density at radius 1 is 1.32 bits per heavy atom. The van der Waals surface area contributed by atoms with Crippen LogP contribution in [0.2, 0.25) is 0 Å². The van der Waals surface area contributed by atoms with Gasteiger partial charge in [0, 0.05) is 18.2 Å². The average molecular weight is 354 g/mol. The number of ether oxygens (including phenoxy) is 3. The number of rotatable bonds is 5. The summed E-state index contributed by atoms with van der Waals surface area (Å²) >= 11 is 0. The second kappa shape index (κ2) is 7.22. The summed E-state index contributed by atoms with van der Waals surface area (Å²) in [6.07, 6.45) is -1.13. The van der Waals surface area contributed by atoms with E-state index < -0.39 is 40.9 Å². The van der Waals surface area contributed by atoms with Crippen molar-refractivity contribution in [2.24, 2.45) is 5.41 Å². The van der Waals surface area contributed by atoms with Gasteiger partial charge in [0.2, 0.25) is 0 Å². The molecule has 1 aliphatic rings. The van der Waals surface area contributed by atoms with Crippen molar-refractivity contribution in [1.82, 2.24) is 9.55 Å². The highest BCUT2D eigenvalue weighted by molar-refractivity contribution is 5.87. The minimum Gasteiger partial charge on any atom is -0.465 e. The predicted molar refractivity (Wildman–Crippen MR) is 86.0 cm³/mol. The lowest BCUT2D eigenvalue weighted by atomic mass is 9.82. The lowest BCUT2D eigenvalue weighted by Crippen LogP contribution is -2.43. The summed E-state index contributed by atoms with van der Waals surface area (Å²) in [5.74, 6) is -1.38. The molecule has 3 atom stereocenters. The van der Waals surface area contributed by atoms with Gasteiger partial charge in [-0.2, -0.15) is 0 Å². The molecule has 1 N–H and O–H groups in total. The zero-order valence-electron chi connectivity index (χ0n) is 14.7. The molecule has 2 heterocycles. The first-order valence-corrected chi connectivity index (χ1v) is 8.06. The Balaban J connectivity index is 2.47. The van der Waals surface area contributed by atoms with Gasteiger partial charge < -0.3 is 19.2 Å². The van der Waals surface area contributed by atoms with Crippen molar-refractivity contribution < 1.29 is 23.8 Å². The Kier molecular flexibility index (Phi) is 5.46. The molecule has 1 aliphatic heterocycles.